The number of hydrogen-bond donors (Lipinski definition) is 3. The molecule has 0 aromatic heterocycles. The van der Waals surface area contributed by atoms with E-state index in [0.717, 1.165) is 32.4 Å². The van der Waals surface area contributed by atoms with Crippen LogP contribution in [0.5, 0.6) is 0 Å². The highest BCUT2D eigenvalue weighted by Gasteiger charge is 2.30. The van der Waals surface area contributed by atoms with Crippen LogP contribution in [0.15, 0.2) is 24.3 Å². The average Bonchev–Trinajstić information content (AvgIpc) is 2.78. The monoisotopic (exact) mass is 411 g/mol. The number of terminal acetylenes is 1. The van der Waals surface area contributed by atoms with E-state index in [1.807, 2.05) is 24.3 Å². The van der Waals surface area contributed by atoms with Crippen LogP contribution in [0.25, 0.3) is 0 Å². The maximum absolute atomic E-state index is 13.0. The van der Waals surface area contributed by atoms with Crippen molar-refractivity contribution in [3.05, 3.63) is 35.4 Å². The summed E-state index contributed by atoms with van der Waals surface area (Å²) in [6, 6.07) is 7.00. The van der Waals surface area contributed by atoms with Crippen molar-refractivity contribution >= 4 is 17.8 Å². The zero-order valence-corrected chi connectivity index (χ0v) is 17.1. The minimum Gasteiger partial charge on any atom is -0.481 e. The molecule has 2 amide bonds. The predicted molar refractivity (Wildman–Crippen MR) is 113 cm³/mol. The van der Waals surface area contributed by atoms with Gasteiger partial charge in [0.1, 0.15) is 6.04 Å². The minimum absolute atomic E-state index is 0.0802. The second kappa shape index (κ2) is 10.3. The molecule has 2 saturated heterocycles. The van der Waals surface area contributed by atoms with E-state index in [9.17, 15) is 14.4 Å². The third-order valence-corrected chi connectivity index (χ3v) is 5.94. The number of amides is 2. The van der Waals surface area contributed by atoms with Crippen LogP contribution in [0.4, 0.5) is 0 Å². The van der Waals surface area contributed by atoms with Crippen LogP contribution in [0.3, 0.4) is 0 Å². The zero-order valence-electron chi connectivity index (χ0n) is 17.1. The smallest absolute Gasteiger partial charge is 0.306 e. The highest BCUT2D eigenvalue weighted by molar-refractivity contribution is 5.94. The van der Waals surface area contributed by atoms with Crippen LogP contribution in [-0.2, 0) is 9.59 Å². The van der Waals surface area contributed by atoms with Gasteiger partial charge < -0.3 is 20.6 Å². The normalized spacial score (nSPS) is 20.8. The van der Waals surface area contributed by atoms with Crippen molar-refractivity contribution in [2.24, 2.45) is 5.92 Å². The second-order valence-electron chi connectivity index (χ2n) is 8.06. The summed E-state index contributed by atoms with van der Waals surface area (Å²) in [6.45, 7) is 2.96. The highest BCUT2D eigenvalue weighted by Crippen LogP contribution is 2.26. The van der Waals surface area contributed by atoms with Crippen molar-refractivity contribution in [3.63, 3.8) is 0 Å². The zero-order chi connectivity index (χ0) is 21.5. The van der Waals surface area contributed by atoms with Crippen LogP contribution in [0.1, 0.15) is 53.9 Å². The summed E-state index contributed by atoms with van der Waals surface area (Å²) in [6.07, 6.45) is 8.58. The SMILES string of the molecule is C#CC(CC(=O)O)NC(=O)[C@@H]1CCCN(C(=O)c2ccc(C3CCNCC3)cc2)C1. The fourth-order valence-corrected chi connectivity index (χ4v) is 4.23. The fraction of sp³-hybridized carbons (Fsp3) is 0.522. The summed E-state index contributed by atoms with van der Waals surface area (Å²) < 4.78 is 0. The number of nitrogens with zero attached hydrogens (tertiary/aromatic N) is 1. The van der Waals surface area contributed by atoms with Crippen LogP contribution in [0.2, 0.25) is 0 Å². The summed E-state index contributed by atoms with van der Waals surface area (Å²) in [7, 11) is 0. The Morgan fingerprint density at radius 3 is 2.53 bits per heavy atom. The molecule has 7 nitrogen and oxygen atoms in total. The van der Waals surface area contributed by atoms with Crippen molar-refractivity contribution < 1.29 is 19.5 Å². The number of benzene rings is 1. The average molecular weight is 412 g/mol. The first-order valence-corrected chi connectivity index (χ1v) is 10.6. The van der Waals surface area contributed by atoms with Gasteiger partial charge in [0, 0.05) is 18.7 Å². The molecule has 3 rings (SSSR count). The van der Waals surface area contributed by atoms with Crippen molar-refractivity contribution in [1.82, 2.24) is 15.5 Å². The lowest BCUT2D eigenvalue weighted by molar-refractivity contribution is -0.137. The molecule has 1 aromatic carbocycles. The van der Waals surface area contributed by atoms with E-state index in [2.05, 4.69) is 16.6 Å². The standard InChI is InChI=1S/C23H29N3O4/c1-2-20(14-21(27)28)25-22(29)19-4-3-13-26(15-19)23(30)18-7-5-16(6-8-18)17-9-11-24-12-10-17/h1,5-8,17,19-20,24H,3-4,9-15H2,(H,25,29)(H,27,28)/t19-,20?/m1/s1. The van der Waals surface area contributed by atoms with E-state index >= 15 is 0 Å². The molecule has 2 fully saturated rings. The molecule has 0 spiro atoms. The molecule has 30 heavy (non-hydrogen) atoms. The van der Waals surface area contributed by atoms with Gasteiger partial charge in [-0.15, -0.1) is 6.42 Å². The van der Waals surface area contributed by atoms with Gasteiger partial charge in [0.2, 0.25) is 5.91 Å². The Kier molecular flexibility index (Phi) is 7.47. The molecule has 2 atom stereocenters. The Hall–Kier alpha value is -2.85. The number of likely N-dealkylation sites (tertiary alicyclic amines) is 1. The molecule has 3 N–H and O–H groups in total. The lowest BCUT2D eigenvalue weighted by atomic mass is 9.89. The van der Waals surface area contributed by atoms with Gasteiger partial charge in [-0.1, -0.05) is 18.1 Å². The maximum Gasteiger partial charge on any atom is 0.306 e. The molecule has 2 heterocycles. The lowest BCUT2D eigenvalue weighted by Crippen LogP contribution is -2.47. The molecular formula is C23H29N3O4. The number of carbonyl (C=O) groups is 3. The van der Waals surface area contributed by atoms with Gasteiger partial charge in [-0.2, -0.15) is 0 Å². The van der Waals surface area contributed by atoms with Gasteiger partial charge in [0.25, 0.3) is 5.91 Å². The van der Waals surface area contributed by atoms with Crippen molar-refractivity contribution in [1.29, 1.82) is 0 Å². The number of aliphatic carboxylic acids is 1. The minimum atomic E-state index is -1.06. The molecule has 1 unspecified atom stereocenters. The molecule has 2 aliphatic rings. The van der Waals surface area contributed by atoms with Crippen LogP contribution in [-0.4, -0.2) is 60.0 Å². The van der Waals surface area contributed by atoms with E-state index in [-0.39, 0.29) is 24.2 Å². The molecule has 2 aliphatic heterocycles. The third kappa shape index (κ3) is 5.61. The number of carbonyl (C=O) groups excluding carboxylic acids is 2. The van der Waals surface area contributed by atoms with E-state index in [4.69, 9.17) is 11.5 Å². The molecule has 160 valence electrons. The van der Waals surface area contributed by atoms with Crippen molar-refractivity contribution in [3.8, 4) is 12.3 Å². The number of hydrogen-bond acceptors (Lipinski definition) is 4. The molecule has 1 aromatic rings. The Morgan fingerprint density at radius 2 is 1.90 bits per heavy atom. The van der Waals surface area contributed by atoms with Crippen LogP contribution in [0, 0.1) is 18.3 Å². The number of carboxylic acids is 1. The van der Waals surface area contributed by atoms with E-state index in [1.54, 1.807) is 4.90 Å². The lowest BCUT2D eigenvalue weighted by Gasteiger charge is -2.32. The number of rotatable bonds is 6. The van der Waals surface area contributed by atoms with Gasteiger partial charge in [-0.05, 0) is 62.4 Å². The van der Waals surface area contributed by atoms with Gasteiger partial charge in [-0.25, -0.2) is 0 Å². The first kappa shape index (κ1) is 21.8. The predicted octanol–water partition coefficient (Wildman–Crippen LogP) is 1.60. The molecule has 0 bridgehead atoms. The largest absolute Gasteiger partial charge is 0.481 e. The first-order valence-electron chi connectivity index (χ1n) is 10.6. The first-order chi connectivity index (χ1) is 14.5. The number of carboxylic acid groups (broad SMARTS) is 1. The van der Waals surface area contributed by atoms with E-state index in [1.165, 1.54) is 5.56 Å². The molecule has 0 aliphatic carbocycles. The Bertz CT molecular complexity index is 809. The maximum atomic E-state index is 13.0. The quantitative estimate of drug-likeness (QED) is 0.618. The van der Waals surface area contributed by atoms with Crippen molar-refractivity contribution in [2.45, 2.75) is 44.1 Å². The second-order valence-corrected chi connectivity index (χ2v) is 8.06. The molecule has 7 heteroatoms. The topological polar surface area (TPSA) is 98.7 Å². The van der Waals surface area contributed by atoms with Gasteiger partial charge >= 0.3 is 5.97 Å². The van der Waals surface area contributed by atoms with Crippen LogP contribution < -0.4 is 10.6 Å². The summed E-state index contributed by atoms with van der Waals surface area (Å²) >= 11 is 0. The molecule has 0 radical (unpaired) electrons. The highest BCUT2D eigenvalue weighted by atomic mass is 16.4. The summed E-state index contributed by atoms with van der Waals surface area (Å²) in [5, 5.41) is 14.9. The number of piperidine rings is 2. The Labute approximate surface area is 177 Å². The summed E-state index contributed by atoms with van der Waals surface area (Å²) in [5.41, 5.74) is 1.89. The molecule has 0 saturated carbocycles. The van der Waals surface area contributed by atoms with Gasteiger partial charge in [0.05, 0.1) is 12.3 Å². The van der Waals surface area contributed by atoms with E-state index in [0.29, 0.717) is 31.0 Å². The van der Waals surface area contributed by atoms with Gasteiger partial charge in [-0.3, -0.25) is 14.4 Å². The Balaban J connectivity index is 1.59. The number of nitrogens with one attached hydrogen (secondary N) is 2. The van der Waals surface area contributed by atoms with Gasteiger partial charge in [0.15, 0.2) is 0 Å². The van der Waals surface area contributed by atoms with E-state index < -0.39 is 12.0 Å². The Morgan fingerprint density at radius 1 is 1.20 bits per heavy atom. The van der Waals surface area contributed by atoms with Crippen molar-refractivity contribution in [2.75, 3.05) is 26.2 Å². The fourth-order valence-electron chi connectivity index (χ4n) is 4.23. The van der Waals surface area contributed by atoms with Crippen LogP contribution >= 0.6 is 0 Å². The summed E-state index contributed by atoms with van der Waals surface area (Å²) in [4.78, 5) is 38.0. The molecular weight excluding hydrogens is 382 g/mol. The third-order valence-electron chi connectivity index (χ3n) is 5.94. The summed E-state index contributed by atoms with van der Waals surface area (Å²) in [5.74, 6) is 1.01.